The lowest BCUT2D eigenvalue weighted by atomic mass is 9.82. The molecular formula is C94H156N16O16. The normalized spacial score (nSPS) is 12.3. The number of hydrogen-bond acceptors (Lipinski definition) is 25. The van der Waals surface area contributed by atoms with Crippen molar-refractivity contribution in [1.29, 1.82) is 0 Å². The molecule has 5 rings (SSSR count). The fraction of sp³-hybridized carbons (Fsp3) is 0.660. The number of benzene rings is 2. The number of carbonyl (C=O) groups is 5. The van der Waals surface area contributed by atoms with E-state index in [0.29, 0.717) is 180 Å². The number of allylic oxidation sites excluding steroid dienone is 3. The van der Waals surface area contributed by atoms with Crippen molar-refractivity contribution >= 4 is 40.6 Å². The van der Waals surface area contributed by atoms with Crippen LogP contribution in [-0.2, 0) is 70.2 Å². The third-order valence-electron chi connectivity index (χ3n) is 21.5. The van der Waals surface area contributed by atoms with E-state index < -0.39 is 11.6 Å². The Labute approximate surface area is 749 Å². The van der Waals surface area contributed by atoms with E-state index >= 15 is 0 Å². The summed E-state index contributed by atoms with van der Waals surface area (Å²) in [6, 6.07) is 16.4. The number of rotatable bonds is 81. The number of amides is 5. The van der Waals surface area contributed by atoms with E-state index in [1.165, 1.54) is 55.2 Å². The molecule has 0 spiro atoms. The standard InChI is InChI=1S/C94H156N16O16/c1-76-29-30-77(2)80(68-76)75-110-86-69-79(31-32-85(86)107-93(110)92(119)78-36-42-98-43-37-78)81-70-106-109(74-81)50-61-120-54-20-16-12-8-4-3-7-11-15-19-41-102-87(114)27-17-13-9-5-6-10-14-18-28-91(118)108-94(38-33-88(115)103-47-58-124-65-62-121-55-44-99-71-82(95)24-21-51-111,39-34-89(116)104-48-59-125-66-63-122-56-45-100-72-83(96)25-22-52-112)40-35-90(117)105-49-60-126-67-64-123-57-46-101-73-84(97)26-23-53-113/h29-32,36-37,42-43,68-74,92,99-101,111-113,119H,3-28,33-35,38-41,44-67,75,95-97H2,1-2H3,(H,102,114)(H,103,115)(H,104,116)(H,105,117)(H,108,118)/b82-71-,83-72-,84-73-. The molecule has 2 aromatic carbocycles. The van der Waals surface area contributed by atoms with E-state index in [1.807, 2.05) is 29.1 Å². The number of nitrogens with two attached hydrogens (primary N) is 3. The Balaban J connectivity index is 0.950. The Hall–Kier alpha value is -8.80. The van der Waals surface area contributed by atoms with E-state index in [4.69, 9.17) is 70.7 Å². The molecule has 5 amide bonds. The van der Waals surface area contributed by atoms with Crippen LogP contribution in [0.5, 0.6) is 0 Å². The van der Waals surface area contributed by atoms with E-state index in [9.17, 15) is 29.1 Å². The first-order chi connectivity index (χ1) is 61.5. The van der Waals surface area contributed by atoms with Gasteiger partial charge in [-0.1, -0.05) is 120 Å². The zero-order valence-corrected chi connectivity index (χ0v) is 75.9. The van der Waals surface area contributed by atoms with E-state index in [2.05, 4.69) is 108 Å². The number of ether oxygens (including phenoxy) is 7. The van der Waals surface area contributed by atoms with Gasteiger partial charge in [0.1, 0.15) is 11.9 Å². The molecule has 0 aliphatic carbocycles. The van der Waals surface area contributed by atoms with Crippen LogP contribution in [0.4, 0.5) is 0 Å². The van der Waals surface area contributed by atoms with Crippen LogP contribution in [0.1, 0.15) is 240 Å². The third-order valence-corrected chi connectivity index (χ3v) is 21.5. The summed E-state index contributed by atoms with van der Waals surface area (Å²) in [5, 5.41) is 67.6. The second kappa shape index (κ2) is 70.2. The first-order valence-electron chi connectivity index (χ1n) is 46.5. The Morgan fingerprint density at radius 3 is 1.33 bits per heavy atom. The number of carbonyl (C=O) groups excluding carboxylic acids is 5. The highest BCUT2D eigenvalue weighted by molar-refractivity contribution is 5.83. The van der Waals surface area contributed by atoms with E-state index in [-0.39, 0.29) is 134 Å². The first-order valence-corrected chi connectivity index (χ1v) is 46.5. The van der Waals surface area contributed by atoms with E-state index in [0.717, 1.165) is 105 Å². The van der Waals surface area contributed by atoms with Crippen LogP contribution < -0.4 is 59.7 Å². The number of aliphatic hydroxyl groups excluding tert-OH is 4. The molecule has 0 bridgehead atoms. The summed E-state index contributed by atoms with van der Waals surface area (Å²) in [5.41, 5.74) is 26.7. The summed E-state index contributed by atoms with van der Waals surface area (Å²) in [7, 11) is 0. The zero-order chi connectivity index (χ0) is 90.4. The zero-order valence-electron chi connectivity index (χ0n) is 75.9. The smallest absolute Gasteiger partial charge is 0.220 e. The lowest BCUT2D eigenvalue weighted by molar-refractivity contribution is -0.127. The minimum atomic E-state index is -1.10. The van der Waals surface area contributed by atoms with Gasteiger partial charge in [-0.15, -0.1) is 0 Å². The summed E-state index contributed by atoms with van der Waals surface area (Å²) in [6.07, 6.45) is 35.4. The molecule has 3 heterocycles. The number of imidazole rings is 1. The summed E-state index contributed by atoms with van der Waals surface area (Å²) < 4.78 is 44.1. The minimum Gasteiger partial charge on any atom is -0.401 e. The average molecular weight is 1770 g/mol. The Bertz CT molecular complexity index is 3660. The van der Waals surface area contributed by atoms with Crippen LogP contribution in [0.2, 0.25) is 0 Å². The fourth-order valence-electron chi connectivity index (χ4n) is 14.2. The highest BCUT2D eigenvalue weighted by Crippen LogP contribution is 2.32. The number of aromatic nitrogens is 5. The molecule has 32 nitrogen and oxygen atoms in total. The third kappa shape index (κ3) is 51.3. The molecule has 0 saturated heterocycles. The SMILES string of the molecule is Cc1ccc(C)c(Cn2c(C(O)c3ccncc3)nc3ccc(-c4cnn(CCOCCCCCCCCCCCCNC(=O)CCCCCCCCCCC(=O)NC(CCC(=O)NCCOCCOCCN/C=C(\N)CCCO)(CCC(=O)NCCOCCOCCN/C=C(\N)CCCO)CCC(=O)NCCOCCOCCN/C=C(\N)CCCO)c4)cc32)c1. The molecule has 0 aliphatic heterocycles. The number of pyridine rings is 1. The summed E-state index contributed by atoms with van der Waals surface area (Å²) in [4.78, 5) is 76.5. The van der Waals surface area contributed by atoms with Gasteiger partial charge in [0.05, 0.1) is 110 Å². The predicted molar refractivity (Wildman–Crippen MR) is 493 cm³/mol. The maximum absolute atomic E-state index is 14.1. The van der Waals surface area contributed by atoms with Gasteiger partial charge in [-0.05, 0) is 144 Å². The fourth-order valence-corrected chi connectivity index (χ4v) is 14.2. The minimum absolute atomic E-state index is 0.00610. The monoisotopic (exact) mass is 1770 g/mol. The van der Waals surface area contributed by atoms with E-state index in [1.54, 1.807) is 31.0 Å². The largest absolute Gasteiger partial charge is 0.401 e. The summed E-state index contributed by atoms with van der Waals surface area (Å²) in [5.74, 6) is -0.337. The number of unbranched alkanes of at least 4 members (excludes halogenated alkanes) is 16. The van der Waals surface area contributed by atoms with Gasteiger partial charge in [-0.25, -0.2) is 4.98 Å². The average Bonchev–Trinajstić information content (AvgIpc) is 1.62. The van der Waals surface area contributed by atoms with Gasteiger partial charge in [0.15, 0.2) is 0 Å². The van der Waals surface area contributed by atoms with Gasteiger partial charge < -0.3 is 118 Å². The molecule has 0 saturated carbocycles. The van der Waals surface area contributed by atoms with Gasteiger partial charge in [-0.2, -0.15) is 5.10 Å². The maximum Gasteiger partial charge on any atom is 0.220 e. The van der Waals surface area contributed by atoms with Crippen molar-refractivity contribution < 1.29 is 77.6 Å². The number of fused-ring (bicyclic) bond motifs is 1. The van der Waals surface area contributed by atoms with Gasteiger partial charge in [0.25, 0.3) is 0 Å². The number of hydrogen-bond donors (Lipinski definition) is 15. The number of nitrogens with zero attached hydrogens (tertiary/aromatic N) is 5. The van der Waals surface area contributed by atoms with Crippen LogP contribution in [-0.4, -0.2) is 238 Å². The Kier molecular flexibility index (Phi) is 60.0. The number of aryl methyl sites for hydroxylation is 2. The van der Waals surface area contributed by atoms with Crippen molar-refractivity contribution in [2.45, 2.75) is 244 Å². The van der Waals surface area contributed by atoms with Crippen molar-refractivity contribution in [3.8, 4) is 11.1 Å². The predicted octanol–water partition coefficient (Wildman–Crippen LogP) is 9.11. The molecule has 32 heteroatoms. The molecular weight excluding hydrogens is 1610 g/mol. The van der Waals surface area contributed by atoms with Crippen molar-refractivity contribution in [3.63, 3.8) is 0 Å². The maximum atomic E-state index is 14.1. The van der Waals surface area contributed by atoms with Gasteiger partial charge in [-0.3, -0.25) is 33.6 Å². The summed E-state index contributed by atoms with van der Waals surface area (Å²) >= 11 is 0. The van der Waals surface area contributed by atoms with Crippen LogP contribution in [0.15, 0.2) is 109 Å². The van der Waals surface area contributed by atoms with Crippen molar-refractivity contribution in [2.24, 2.45) is 17.2 Å². The quantitative estimate of drug-likeness (QED) is 0.0161. The molecule has 1 atom stereocenters. The second-order valence-corrected chi connectivity index (χ2v) is 32.2. The number of aliphatic hydroxyl groups is 4. The van der Waals surface area contributed by atoms with Crippen LogP contribution >= 0.6 is 0 Å². The molecule has 0 radical (unpaired) electrons. The Morgan fingerprint density at radius 2 is 0.857 bits per heavy atom. The molecule has 18 N–H and O–H groups in total. The second-order valence-electron chi connectivity index (χ2n) is 32.2. The lowest BCUT2D eigenvalue weighted by Gasteiger charge is -2.35. The molecule has 0 fully saturated rings. The molecule has 1 unspecified atom stereocenters. The molecule has 0 aliphatic rings. The number of nitrogens with one attached hydrogen (secondary N) is 8. The highest BCUT2D eigenvalue weighted by Gasteiger charge is 2.34. The summed E-state index contributed by atoms with van der Waals surface area (Å²) in [6.45, 7) is 14.1. The van der Waals surface area contributed by atoms with Gasteiger partial charge in [0.2, 0.25) is 29.5 Å². The van der Waals surface area contributed by atoms with Gasteiger partial charge in [0, 0.05) is 176 Å². The van der Waals surface area contributed by atoms with Crippen LogP contribution in [0.3, 0.4) is 0 Å². The van der Waals surface area contributed by atoms with Crippen LogP contribution in [0, 0.1) is 13.8 Å². The van der Waals surface area contributed by atoms with Crippen molar-refractivity contribution in [3.05, 3.63) is 137 Å². The molecule has 3 aromatic heterocycles. The highest BCUT2D eigenvalue weighted by atomic mass is 16.5. The lowest BCUT2D eigenvalue weighted by Crippen LogP contribution is -2.50. The topological polar surface area (TPSA) is 454 Å². The molecule has 708 valence electrons. The van der Waals surface area contributed by atoms with Crippen LogP contribution in [0.25, 0.3) is 22.2 Å². The Morgan fingerprint density at radius 1 is 0.437 bits per heavy atom. The first kappa shape index (κ1) is 108. The van der Waals surface area contributed by atoms with Gasteiger partial charge >= 0.3 is 0 Å². The molecule has 126 heavy (non-hydrogen) atoms. The molecule has 5 aromatic rings. The van der Waals surface area contributed by atoms with Crippen molar-refractivity contribution in [2.75, 3.05) is 158 Å². The van der Waals surface area contributed by atoms with Crippen molar-refractivity contribution in [1.82, 2.24) is 66.8 Å².